The summed E-state index contributed by atoms with van der Waals surface area (Å²) in [6.07, 6.45) is 1.47. The van der Waals surface area contributed by atoms with Crippen LogP contribution < -0.4 is 4.90 Å². The van der Waals surface area contributed by atoms with Gasteiger partial charge in [0.05, 0.1) is 30.7 Å². The molecule has 2 amide bonds. The number of anilines is 1. The van der Waals surface area contributed by atoms with E-state index in [2.05, 4.69) is 0 Å². The maximum absolute atomic E-state index is 12.8. The summed E-state index contributed by atoms with van der Waals surface area (Å²) in [4.78, 5) is 40.2. The number of imide groups is 1. The lowest BCUT2D eigenvalue weighted by molar-refractivity contribution is -0.149. The Bertz CT molecular complexity index is 668. The van der Waals surface area contributed by atoms with E-state index >= 15 is 0 Å². The van der Waals surface area contributed by atoms with Crippen molar-refractivity contribution in [3.05, 3.63) is 29.3 Å². The molecule has 0 bridgehead atoms. The van der Waals surface area contributed by atoms with Gasteiger partial charge in [0, 0.05) is 5.02 Å². The number of esters is 1. The molecule has 1 aromatic carbocycles. The summed E-state index contributed by atoms with van der Waals surface area (Å²) in [6.45, 7) is 3.40. The van der Waals surface area contributed by atoms with E-state index in [1.54, 1.807) is 31.2 Å². The lowest BCUT2D eigenvalue weighted by Gasteiger charge is -2.33. The first-order valence-electron chi connectivity index (χ1n) is 8.54. The minimum absolute atomic E-state index is 0.115. The van der Waals surface area contributed by atoms with Crippen molar-refractivity contribution >= 4 is 35.1 Å². The van der Waals surface area contributed by atoms with Crippen molar-refractivity contribution in [2.75, 3.05) is 24.6 Å². The van der Waals surface area contributed by atoms with Gasteiger partial charge >= 0.3 is 5.97 Å². The van der Waals surface area contributed by atoms with Crippen molar-refractivity contribution in [3.8, 4) is 0 Å². The highest BCUT2D eigenvalue weighted by atomic mass is 35.5. The van der Waals surface area contributed by atoms with Gasteiger partial charge in [0.25, 0.3) is 5.91 Å². The third-order valence-electron chi connectivity index (χ3n) is 4.80. The largest absolute Gasteiger partial charge is 0.466 e. The first-order valence-corrected chi connectivity index (χ1v) is 8.92. The Hall–Kier alpha value is -1.92. The molecule has 134 valence electrons. The van der Waals surface area contributed by atoms with Crippen LogP contribution in [-0.2, 0) is 19.1 Å². The van der Waals surface area contributed by atoms with Crippen LogP contribution in [0.2, 0.25) is 5.02 Å². The van der Waals surface area contributed by atoms with Crippen LogP contribution in [0.3, 0.4) is 0 Å². The molecule has 0 aromatic heterocycles. The molecule has 0 aliphatic carbocycles. The molecule has 7 heteroatoms. The number of hydrogen-bond donors (Lipinski definition) is 0. The highest BCUT2D eigenvalue weighted by molar-refractivity contribution is 6.30. The molecule has 2 saturated heterocycles. The minimum atomic E-state index is -0.452. The zero-order valence-corrected chi connectivity index (χ0v) is 14.9. The highest BCUT2D eigenvalue weighted by Crippen LogP contribution is 2.29. The fourth-order valence-electron chi connectivity index (χ4n) is 3.47. The highest BCUT2D eigenvalue weighted by Gasteiger charge is 2.43. The zero-order valence-electron chi connectivity index (χ0n) is 14.1. The number of ether oxygens (including phenoxy) is 1. The van der Waals surface area contributed by atoms with E-state index < -0.39 is 6.04 Å². The van der Waals surface area contributed by atoms with Crippen molar-refractivity contribution < 1.29 is 19.1 Å². The number of hydrogen-bond acceptors (Lipinski definition) is 5. The first kappa shape index (κ1) is 17.9. The van der Waals surface area contributed by atoms with Crippen molar-refractivity contribution in [2.45, 2.75) is 32.2 Å². The fourth-order valence-corrected chi connectivity index (χ4v) is 3.60. The zero-order chi connectivity index (χ0) is 18.0. The van der Waals surface area contributed by atoms with E-state index in [-0.39, 0.29) is 30.1 Å². The van der Waals surface area contributed by atoms with Crippen LogP contribution in [0.1, 0.15) is 26.2 Å². The van der Waals surface area contributed by atoms with Gasteiger partial charge in [-0.05, 0) is 57.1 Å². The van der Waals surface area contributed by atoms with Crippen LogP contribution >= 0.6 is 11.6 Å². The number of carbonyl (C=O) groups is 3. The second-order valence-electron chi connectivity index (χ2n) is 6.33. The maximum Gasteiger partial charge on any atom is 0.309 e. The fraction of sp³-hybridized carbons (Fsp3) is 0.500. The molecular weight excluding hydrogens is 344 g/mol. The molecule has 0 saturated carbocycles. The van der Waals surface area contributed by atoms with Crippen LogP contribution in [0, 0.1) is 5.92 Å². The van der Waals surface area contributed by atoms with Crippen molar-refractivity contribution in [1.82, 2.24) is 4.90 Å². The predicted molar refractivity (Wildman–Crippen MR) is 93.3 cm³/mol. The van der Waals surface area contributed by atoms with E-state index in [0.717, 1.165) is 0 Å². The molecule has 2 aliphatic heterocycles. The maximum atomic E-state index is 12.8. The van der Waals surface area contributed by atoms with Gasteiger partial charge in [-0.3, -0.25) is 19.3 Å². The average Bonchev–Trinajstić information content (AvgIpc) is 2.91. The Balaban J connectivity index is 1.65. The number of rotatable bonds is 4. The molecule has 0 radical (unpaired) electrons. The van der Waals surface area contributed by atoms with Crippen LogP contribution in [-0.4, -0.2) is 48.4 Å². The standard InChI is InChI=1S/C18H21ClN2O4/c1-2-25-18(24)12-7-9-20(10-8-12)15-11-16(22)21(17(15)23)14-5-3-13(19)4-6-14/h3-6,12,15H,2,7-11H2,1H3/t15-/m0/s1. The third kappa shape index (κ3) is 3.70. The summed E-state index contributed by atoms with van der Waals surface area (Å²) in [7, 11) is 0. The lowest BCUT2D eigenvalue weighted by Crippen LogP contribution is -2.47. The molecule has 3 rings (SSSR count). The van der Waals surface area contributed by atoms with Gasteiger partial charge < -0.3 is 4.74 Å². The molecule has 1 atom stereocenters. The summed E-state index contributed by atoms with van der Waals surface area (Å²) in [5, 5.41) is 0.556. The summed E-state index contributed by atoms with van der Waals surface area (Å²) >= 11 is 5.87. The Morgan fingerprint density at radius 3 is 2.44 bits per heavy atom. The summed E-state index contributed by atoms with van der Waals surface area (Å²) in [6, 6.07) is 6.22. The van der Waals surface area contributed by atoms with Crippen molar-refractivity contribution in [3.63, 3.8) is 0 Å². The molecule has 0 N–H and O–H groups in total. The van der Waals surface area contributed by atoms with Gasteiger partial charge in [-0.15, -0.1) is 0 Å². The summed E-state index contributed by atoms with van der Waals surface area (Å²) < 4.78 is 5.07. The van der Waals surface area contributed by atoms with Crippen LogP contribution in [0.15, 0.2) is 24.3 Å². The number of amides is 2. The van der Waals surface area contributed by atoms with E-state index in [0.29, 0.717) is 43.2 Å². The van der Waals surface area contributed by atoms with Gasteiger partial charge in [-0.1, -0.05) is 11.6 Å². The average molecular weight is 365 g/mol. The topological polar surface area (TPSA) is 66.9 Å². The number of nitrogens with zero attached hydrogens (tertiary/aromatic N) is 2. The molecular formula is C18H21ClN2O4. The van der Waals surface area contributed by atoms with Gasteiger partial charge in [-0.2, -0.15) is 0 Å². The Labute approximate surface area is 151 Å². The van der Waals surface area contributed by atoms with Crippen molar-refractivity contribution in [2.24, 2.45) is 5.92 Å². The second-order valence-corrected chi connectivity index (χ2v) is 6.76. The quantitative estimate of drug-likeness (QED) is 0.605. The minimum Gasteiger partial charge on any atom is -0.466 e. The summed E-state index contributed by atoms with van der Waals surface area (Å²) in [5.41, 5.74) is 0.545. The molecule has 0 spiro atoms. The number of carbonyl (C=O) groups excluding carboxylic acids is 3. The van der Waals surface area contributed by atoms with E-state index in [1.807, 2.05) is 4.90 Å². The molecule has 25 heavy (non-hydrogen) atoms. The lowest BCUT2D eigenvalue weighted by atomic mass is 9.95. The second kappa shape index (κ2) is 7.54. The van der Waals surface area contributed by atoms with Crippen LogP contribution in [0.5, 0.6) is 0 Å². The molecule has 2 heterocycles. The number of halogens is 1. The predicted octanol–water partition coefficient (Wildman–Crippen LogP) is 2.25. The normalized spacial score (nSPS) is 22.5. The van der Waals surface area contributed by atoms with Gasteiger partial charge in [-0.25, -0.2) is 4.90 Å². The smallest absolute Gasteiger partial charge is 0.309 e. The Kier molecular flexibility index (Phi) is 5.39. The van der Waals surface area contributed by atoms with Gasteiger partial charge in [0.1, 0.15) is 0 Å². The van der Waals surface area contributed by atoms with Crippen LogP contribution in [0.25, 0.3) is 0 Å². The monoisotopic (exact) mass is 364 g/mol. The van der Waals surface area contributed by atoms with E-state index in [4.69, 9.17) is 16.3 Å². The molecule has 2 aliphatic rings. The Morgan fingerprint density at radius 2 is 1.84 bits per heavy atom. The SMILES string of the molecule is CCOC(=O)C1CCN([C@H]2CC(=O)N(c3ccc(Cl)cc3)C2=O)CC1. The molecule has 6 nitrogen and oxygen atoms in total. The van der Waals surface area contributed by atoms with E-state index in [9.17, 15) is 14.4 Å². The first-order chi connectivity index (χ1) is 12.0. The number of likely N-dealkylation sites (tertiary alicyclic amines) is 1. The Morgan fingerprint density at radius 1 is 1.20 bits per heavy atom. The summed E-state index contributed by atoms with van der Waals surface area (Å²) in [5.74, 6) is -0.693. The number of piperidine rings is 1. The van der Waals surface area contributed by atoms with E-state index in [1.165, 1.54) is 4.90 Å². The van der Waals surface area contributed by atoms with Gasteiger partial charge in [0.15, 0.2) is 0 Å². The van der Waals surface area contributed by atoms with Crippen molar-refractivity contribution in [1.29, 1.82) is 0 Å². The number of benzene rings is 1. The van der Waals surface area contributed by atoms with Crippen LogP contribution in [0.4, 0.5) is 5.69 Å². The molecule has 1 aromatic rings. The third-order valence-corrected chi connectivity index (χ3v) is 5.05. The molecule has 0 unspecified atom stereocenters. The van der Waals surface area contributed by atoms with Gasteiger partial charge in [0.2, 0.25) is 5.91 Å². The molecule has 2 fully saturated rings.